The van der Waals surface area contributed by atoms with Crippen molar-refractivity contribution in [1.29, 1.82) is 0 Å². The summed E-state index contributed by atoms with van der Waals surface area (Å²) in [7, 11) is -3.03. The van der Waals surface area contributed by atoms with E-state index in [1.165, 1.54) is 43.5 Å². The van der Waals surface area contributed by atoms with Gasteiger partial charge in [0.05, 0.1) is 30.7 Å². The van der Waals surface area contributed by atoms with Gasteiger partial charge in [0.25, 0.3) is 6.43 Å². The van der Waals surface area contributed by atoms with Crippen LogP contribution in [0.25, 0.3) is 0 Å². The number of carbonyl (C=O) groups is 1. The predicted octanol–water partition coefficient (Wildman–Crippen LogP) is 3.15. The number of rotatable bonds is 11. The van der Waals surface area contributed by atoms with Crippen molar-refractivity contribution in [2.45, 2.75) is 56.3 Å². The minimum atomic E-state index is -4.42. The summed E-state index contributed by atoms with van der Waals surface area (Å²) in [6, 6.07) is 10.00. The van der Waals surface area contributed by atoms with Gasteiger partial charge in [-0.3, -0.25) is 0 Å². The van der Waals surface area contributed by atoms with Crippen molar-refractivity contribution in [2.24, 2.45) is 0 Å². The quantitative estimate of drug-likeness (QED) is 0.408. The summed E-state index contributed by atoms with van der Waals surface area (Å²) in [6.45, 7) is 3.04. The molecule has 0 fully saturated rings. The van der Waals surface area contributed by atoms with E-state index >= 15 is 0 Å². The molecular formula is C24H32F2N2O7S. The average Bonchev–Trinajstić information content (AvgIpc) is 2.78. The van der Waals surface area contributed by atoms with Crippen LogP contribution < -0.4 is 10.1 Å². The summed E-state index contributed by atoms with van der Waals surface area (Å²) in [5.74, 6) is 0.384. The van der Waals surface area contributed by atoms with Crippen LogP contribution in [0.2, 0.25) is 0 Å². The fraction of sp³-hybridized carbons (Fsp3) is 0.458. The molecule has 0 saturated carbocycles. The van der Waals surface area contributed by atoms with Crippen LogP contribution in [0.5, 0.6) is 11.5 Å². The zero-order chi connectivity index (χ0) is 27.1. The van der Waals surface area contributed by atoms with E-state index in [2.05, 4.69) is 5.32 Å². The average molecular weight is 531 g/mol. The monoisotopic (exact) mass is 530 g/mol. The molecule has 200 valence electrons. The van der Waals surface area contributed by atoms with Crippen LogP contribution in [-0.4, -0.2) is 73.4 Å². The number of alkyl carbamates (subject to hydrolysis) is 1. The third-order valence-corrected chi connectivity index (χ3v) is 6.83. The normalized spacial score (nSPS) is 13.9. The highest BCUT2D eigenvalue weighted by Gasteiger charge is 2.33. The molecule has 0 bridgehead atoms. The van der Waals surface area contributed by atoms with Crippen molar-refractivity contribution in [3.05, 3.63) is 54.1 Å². The Kier molecular flexibility index (Phi) is 10.0. The van der Waals surface area contributed by atoms with Crippen LogP contribution in [0.3, 0.4) is 0 Å². The number of phenols is 1. The number of alkyl halides is 2. The van der Waals surface area contributed by atoms with Crippen molar-refractivity contribution in [3.63, 3.8) is 0 Å². The lowest BCUT2D eigenvalue weighted by Gasteiger charge is -2.30. The highest BCUT2D eigenvalue weighted by molar-refractivity contribution is 7.89. The summed E-state index contributed by atoms with van der Waals surface area (Å²) in [4.78, 5) is 12.2. The zero-order valence-corrected chi connectivity index (χ0v) is 21.3. The van der Waals surface area contributed by atoms with E-state index in [4.69, 9.17) is 9.47 Å². The number of carbonyl (C=O) groups excluding carboxylic acids is 1. The Balaban J connectivity index is 2.33. The molecule has 3 N–H and O–H groups in total. The van der Waals surface area contributed by atoms with E-state index in [0.29, 0.717) is 15.6 Å². The van der Waals surface area contributed by atoms with Crippen LogP contribution in [0.15, 0.2) is 53.4 Å². The number of aromatic hydroxyl groups is 1. The number of nitrogens with zero attached hydrogens (tertiary/aromatic N) is 1. The lowest BCUT2D eigenvalue weighted by atomic mass is 10.0. The molecule has 2 aromatic carbocycles. The molecule has 9 nitrogen and oxygen atoms in total. The molecule has 2 aromatic rings. The number of nitrogens with one attached hydrogen (secondary N) is 1. The second-order valence-corrected chi connectivity index (χ2v) is 11.0. The number of ether oxygens (including phenoxy) is 2. The number of hydrogen-bond acceptors (Lipinski definition) is 7. The predicted molar refractivity (Wildman–Crippen MR) is 129 cm³/mol. The molecule has 0 aromatic heterocycles. The van der Waals surface area contributed by atoms with Gasteiger partial charge in [0, 0.05) is 6.54 Å². The summed E-state index contributed by atoms with van der Waals surface area (Å²) < 4.78 is 63.7. The van der Waals surface area contributed by atoms with Crippen LogP contribution in [0.1, 0.15) is 26.3 Å². The Morgan fingerprint density at radius 1 is 1.06 bits per heavy atom. The fourth-order valence-corrected chi connectivity index (χ4v) is 4.72. The molecule has 1 amide bonds. The van der Waals surface area contributed by atoms with Crippen molar-refractivity contribution in [2.75, 3.05) is 20.2 Å². The number of phenolic OH excluding ortho intramolecular Hbond substituents is 1. The number of sulfonamides is 1. The number of hydrogen-bond donors (Lipinski definition) is 3. The van der Waals surface area contributed by atoms with Gasteiger partial charge in [-0.05, 0) is 69.2 Å². The maximum Gasteiger partial charge on any atom is 0.407 e. The van der Waals surface area contributed by atoms with E-state index in [1.54, 1.807) is 32.9 Å². The molecule has 0 heterocycles. The number of amides is 1. The van der Waals surface area contributed by atoms with Gasteiger partial charge in [-0.2, -0.15) is 4.31 Å². The van der Waals surface area contributed by atoms with Crippen molar-refractivity contribution in [1.82, 2.24) is 9.62 Å². The number of halogens is 2. The summed E-state index contributed by atoms with van der Waals surface area (Å²) in [5.41, 5.74) is -0.260. The lowest BCUT2D eigenvalue weighted by molar-refractivity contribution is 0.0375. The van der Waals surface area contributed by atoms with Gasteiger partial charge in [0.2, 0.25) is 10.0 Å². The zero-order valence-electron chi connectivity index (χ0n) is 20.5. The SMILES string of the molecule is COc1ccc(S(=O)(=O)N(CC(F)F)C[C@@H](O)[C@H](Cc2ccc(O)cc2)NC(=O)OC(C)(C)C)cc1. The topological polar surface area (TPSA) is 125 Å². The van der Waals surface area contributed by atoms with E-state index < -0.39 is 53.4 Å². The smallest absolute Gasteiger partial charge is 0.407 e. The molecule has 0 aliphatic carbocycles. The summed E-state index contributed by atoms with van der Waals surface area (Å²) >= 11 is 0. The Bertz CT molecular complexity index is 1090. The first kappa shape index (κ1) is 29.3. The van der Waals surface area contributed by atoms with Gasteiger partial charge in [0.1, 0.15) is 17.1 Å². The standard InChI is InChI=1S/C24H32F2N2O7S/c1-24(2,3)35-23(31)27-20(13-16-5-7-17(29)8-6-16)21(30)14-28(15-22(25)26)36(32,33)19-11-9-18(34-4)10-12-19/h5-12,20-22,29-30H,13-15H2,1-4H3,(H,27,31)/t20-,21+/m0/s1. The van der Waals surface area contributed by atoms with Crippen LogP contribution in [0.4, 0.5) is 13.6 Å². The second-order valence-electron chi connectivity index (χ2n) is 9.08. The summed E-state index contributed by atoms with van der Waals surface area (Å²) in [5, 5.41) is 23.0. The Labute approximate surface area is 209 Å². The van der Waals surface area contributed by atoms with Gasteiger partial charge in [-0.1, -0.05) is 12.1 Å². The van der Waals surface area contributed by atoms with Gasteiger partial charge < -0.3 is 25.0 Å². The number of benzene rings is 2. The molecule has 0 spiro atoms. The first-order valence-electron chi connectivity index (χ1n) is 11.1. The Morgan fingerprint density at radius 2 is 1.64 bits per heavy atom. The first-order valence-corrected chi connectivity index (χ1v) is 12.5. The fourth-order valence-electron chi connectivity index (χ4n) is 3.29. The third kappa shape index (κ3) is 8.92. The minimum Gasteiger partial charge on any atom is -0.508 e. The van der Waals surface area contributed by atoms with Crippen LogP contribution in [-0.2, 0) is 21.2 Å². The molecular weight excluding hydrogens is 498 g/mol. The van der Waals surface area contributed by atoms with Crippen LogP contribution >= 0.6 is 0 Å². The van der Waals surface area contributed by atoms with Gasteiger partial charge in [-0.15, -0.1) is 0 Å². The molecule has 0 aliphatic heterocycles. The van der Waals surface area contributed by atoms with Gasteiger partial charge in [0.15, 0.2) is 0 Å². The number of methoxy groups -OCH3 is 1. The number of aliphatic hydroxyl groups excluding tert-OH is 1. The Morgan fingerprint density at radius 3 is 2.14 bits per heavy atom. The first-order chi connectivity index (χ1) is 16.7. The largest absolute Gasteiger partial charge is 0.508 e. The highest BCUT2D eigenvalue weighted by atomic mass is 32.2. The molecule has 2 rings (SSSR count). The molecule has 36 heavy (non-hydrogen) atoms. The van der Waals surface area contributed by atoms with Crippen molar-refractivity contribution >= 4 is 16.1 Å². The lowest BCUT2D eigenvalue weighted by Crippen LogP contribution is -2.52. The molecule has 0 unspecified atom stereocenters. The molecule has 12 heteroatoms. The van der Waals surface area contributed by atoms with E-state index in [1.807, 2.05) is 0 Å². The number of aliphatic hydroxyl groups is 1. The van der Waals surface area contributed by atoms with E-state index in [0.717, 1.165) is 0 Å². The van der Waals surface area contributed by atoms with Crippen LogP contribution in [0, 0.1) is 0 Å². The maximum atomic E-state index is 13.4. The van der Waals surface area contributed by atoms with Crippen molar-refractivity contribution < 1.29 is 41.7 Å². The van der Waals surface area contributed by atoms with E-state index in [9.17, 15) is 32.2 Å². The Hall–Kier alpha value is -2.96. The third-order valence-electron chi connectivity index (χ3n) is 4.99. The maximum absolute atomic E-state index is 13.4. The van der Waals surface area contributed by atoms with Gasteiger partial charge >= 0.3 is 6.09 Å². The second kappa shape index (κ2) is 12.3. The van der Waals surface area contributed by atoms with E-state index in [-0.39, 0.29) is 17.1 Å². The van der Waals surface area contributed by atoms with Crippen molar-refractivity contribution in [3.8, 4) is 11.5 Å². The minimum absolute atomic E-state index is 0.00430. The molecule has 0 radical (unpaired) electrons. The molecule has 0 saturated heterocycles. The highest BCUT2D eigenvalue weighted by Crippen LogP contribution is 2.22. The molecule has 2 atom stereocenters. The van der Waals surface area contributed by atoms with Gasteiger partial charge in [-0.25, -0.2) is 22.0 Å². The summed E-state index contributed by atoms with van der Waals surface area (Å²) in [6.07, 6.45) is -5.47. The molecule has 0 aliphatic rings.